The molecule has 0 saturated heterocycles. The lowest BCUT2D eigenvalue weighted by Crippen LogP contribution is -2.05. The first-order valence-corrected chi connectivity index (χ1v) is 7.26. The van der Waals surface area contributed by atoms with Crippen LogP contribution in [0.5, 0.6) is 0 Å². The summed E-state index contributed by atoms with van der Waals surface area (Å²) in [6.07, 6.45) is 4.05. The van der Waals surface area contributed by atoms with Crippen molar-refractivity contribution in [3.8, 4) is 0 Å². The van der Waals surface area contributed by atoms with Gasteiger partial charge < -0.3 is 10.3 Å². The quantitative estimate of drug-likeness (QED) is 0.729. The predicted molar refractivity (Wildman–Crippen MR) is 71.5 cm³/mol. The molecule has 3 aromatic rings. The number of fused-ring (bicyclic) bond motifs is 1. The summed E-state index contributed by atoms with van der Waals surface area (Å²) in [6, 6.07) is 0. The van der Waals surface area contributed by atoms with Crippen LogP contribution in [-0.2, 0) is 19.3 Å². The summed E-state index contributed by atoms with van der Waals surface area (Å²) in [7, 11) is 1.93. The monoisotopic (exact) mass is 280 g/mol. The summed E-state index contributed by atoms with van der Waals surface area (Å²) in [4.78, 5) is 5.54. The molecule has 0 aliphatic rings. The molecule has 6 nitrogen and oxygen atoms in total. The van der Waals surface area contributed by atoms with Crippen molar-refractivity contribution in [1.82, 2.24) is 24.1 Å². The molecule has 8 heteroatoms. The van der Waals surface area contributed by atoms with E-state index in [4.69, 9.17) is 5.73 Å². The summed E-state index contributed by atoms with van der Waals surface area (Å²) in [5, 5.41) is 11.0. The molecule has 18 heavy (non-hydrogen) atoms. The van der Waals surface area contributed by atoms with Crippen LogP contribution in [0.4, 0.5) is 0 Å². The van der Waals surface area contributed by atoms with Gasteiger partial charge in [-0.2, -0.15) is 0 Å². The fraction of sp³-hybridized carbons (Fsp3) is 0.300. The van der Waals surface area contributed by atoms with Gasteiger partial charge in [0, 0.05) is 30.6 Å². The van der Waals surface area contributed by atoms with Gasteiger partial charge in [-0.15, -0.1) is 21.5 Å². The molecule has 0 unspecified atom stereocenters. The number of thioether (sulfide) groups is 1. The molecule has 0 bridgehead atoms. The van der Waals surface area contributed by atoms with E-state index in [1.807, 2.05) is 33.8 Å². The Morgan fingerprint density at radius 3 is 3.06 bits per heavy atom. The number of imidazole rings is 1. The van der Waals surface area contributed by atoms with Gasteiger partial charge in [0.25, 0.3) is 0 Å². The first-order chi connectivity index (χ1) is 8.78. The fourth-order valence-electron chi connectivity index (χ4n) is 1.63. The van der Waals surface area contributed by atoms with Crippen molar-refractivity contribution < 1.29 is 0 Å². The van der Waals surface area contributed by atoms with Gasteiger partial charge >= 0.3 is 0 Å². The second-order valence-corrected chi connectivity index (χ2v) is 5.59. The van der Waals surface area contributed by atoms with E-state index in [2.05, 4.69) is 15.2 Å². The normalized spacial score (nSPS) is 11.4. The zero-order chi connectivity index (χ0) is 12.5. The van der Waals surface area contributed by atoms with Crippen molar-refractivity contribution in [3.63, 3.8) is 0 Å². The lowest BCUT2D eigenvalue weighted by Gasteiger charge is -2.00. The van der Waals surface area contributed by atoms with Crippen LogP contribution in [0.15, 0.2) is 22.9 Å². The highest BCUT2D eigenvalue weighted by atomic mass is 32.2. The molecule has 0 amide bonds. The molecular weight excluding hydrogens is 268 g/mol. The molecule has 0 saturated carbocycles. The van der Waals surface area contributed by atoms with E-state index in [1.54, 1.807) is 23.1 Å². The first-order valence-electron chi connectivity index (χ1n) is 5.40. The Labute approximate surface area is 112 Å². The van der Waals surface area contributed by atoms with Crippen molar-refractivity contribution in [2.24, 2.45) is 12.8 Å². The lowest BCUT2D eigenvalue weighted by atomic mass is 10.6. The number of thiazole rings is 1. The highest BCUT2D eigenvalue weighted by molar-refractivity contribution is 7.98. The van der Waals surface area contributed by atoms with Crippen LogP contribution in [0.3, 0.4) is 0 Å². The Balaban J connectivity index is 1.73. The van der Waals surface area contributed by atoms with Gasteiger partial charge in [-0.1, -0.05) is 11.8 Å². The minimum Gasteiger partial charge on any atom is -0.324 e. The number of rotatable bonds is 4. The molecule has 0 spiro atoms. The summed E-state index contributed by atoms with van der Waals surface area (Å²) in [6.45, 7) is 0.407. The number of nitrogens with two attached hydrogens (primary N) is 1. The number of hydrogen-bond acceptors (Lipinski definition) is 6. The van der Waals surface area contributed by atoms with E-state index in [0.717, 1.165) is 27.4 Å². The SMILES string of the molecule is Cn1c(CN)nnc1SCc1cn2ccsc2n1. The van der Waals surface area contributed by atoms with Crippen molar-refractivity contribution >= 4 is 28.1 Å². The molecule has 3 heterocycles. The Kier molecular flexibility index (Phi) is 3.06. The Bertz CT molecular complexity index is 638. The van der Waals surface area contributed by atoms with Crippen LogP contribution in [0.2, 0.25) is 0 Å². The van der Waals surface area contributed by atoms with E-state index >= 15 is 0 Å². The Morgan fingerprint density at radius 2 is 2.33 bits per heavy atom. The molecule has 3 rings (SSSR count). The van der Waals surface area contributed by atoms with E-state index < -0.39 is 0 Å². The van der Waals surface area contributed by atoms with Gasteiger partial charge in [0.2, 0.25) is 0 Å². The van der Waals surface area contributed by atoms with Crippen LogP contribution in [0, 0.1) is 0 Å². The number of hydrogen-bond donors (Lipinski definition) is 1. The van der Waals surface area contributed by atoms with E-state index in [1.165, 1.54) is 0 Å². The third-order valence-corrected chi connectivity index (χ3v) is 4.42. The van der Waals surface area contributed by atoms with Crippen LogP contribution < -0.4 is 5.73 Å². The topological polar surface area (TPSA) is 74.0 Å². The van der Waals surface area contributed by atoms with Gasteiger partial charge in [-0.3, -0.25) is 4.40 Å². The number of aromatic nitrogens is 5. The Morgan fingerprint density at radius 1 is 1.44 bits per heavy atom. The molecule has 0 aliphatic heterocycles. The highest BCUT2D eigenvalue weighted by Gasteiger charge is 2.09. The minimum absolute atomic E-state index is 0.407. The summed E-state index contributed by atoms with van der Waals surface area (Å²) in [5.74, 6) is 1.58. The molecule has 0 aromatic carbocycles. The fourth-order valence-corrected chi connectivity index (χ4v) is 3.17. The van der Waals surface area contributed by atoms with Crippen molar-refractivity contribution in [1.29, 1.82) is 0 Å². The zero-order valence-electron chi connectivity index (χ0n) is 9.78. The third-order valence-electron chi connectivity index (χ3n) is 2.60. The molecule has 0 radical (unpaired) electrons. The van der Waals surface area contributed by atoms with E-state index in [0.29, 0.717) is 6.54 Å². The maximum atomic E-state index is 5.56. The second kappa shape index (κ2) is 4.71. The van der Waals surface area contributed by atoms with Crippen molar-refractivity contribution in [3.05, 3.63) is 29.3 Å². The molecular formula is C10H12N6S2. The maximum Gasteiger partial charge on any atom is 0.193 e. The first kappa shape index (κ1) is 11.7. The average Bonchev–Trinajstić information content (AvgIpc) is 3.00. The summed E-state index contributed by atoms with van der Waals surface area (Å²) >= 11 is 3.25. The van der Waals surface area contributed by atoms with Gasteiger partial charge in [-0.05, 0) is 0 Å². The van der Waals surface area contributed by atoms with Crippen LogP contribution >= 0.6 is 23.1 Å². The molecule has 94 valence electrons. The Hall–Kier alpha value is -1.38. The molecule has 0 aliphatic carbocycles. The molecule has 3 aromatic heterocycles. The molecule has 0 fully saturated rings. The maximum absolute atomic E-state index is 5.56. The van der Waals surface area contributed by atoms with Crippen LogP contribution in [0.1, 0.15) is 11.5 Å². The largest absolute Gasteiger partial charge is 0.324 e. The van der Waals surface area contributed by atoms with Crippen molar-refractivity contribution in [2.45, 2.75) is 17.5 Å². The summed E-state index contributed by atoms with van der Waals surface area (Å²) in [5.41, 5.74) is 6.61. The van der Waals surface area contributed by atoms with E-state index in [9.17, 15) is 0 Å². The highest BCUT2D eigenvalue weighted by Crippen LogP contribution is 2.21. The molecule has 0 atom stereocenters. The lowest BCUT2D eigenvalue weighted by molar-refractivity contribution is 0.734. The van der Waals surface area contributed by atoms with Gasteiger partial charge in [-0.25, -0.2) is 4.98 Å². The van der Waals surface area contributed by atoms with E-state index in [-0.39, 0.29) is 0 Å². The smallest absolute Gasteiger partial charge is 0.193 e. The van der Waals surface area contributed by atoms with Crippen LogP contribution in [0.25, 0.3) is 4.96 Å². The standard InChI is InChI=1S/C10H12N6S2/c1-15-8(4-11)13-14-10(15)18-6-7-5-16-2-3-17-9(16)12-7/h2-3,5H,4,6,11H2,1H3. The van der Waals surface area contributed by atoms with Gasteiger partial charge in [0.15, 0.2) is 10.1 Å². The minimum atomic E-state index is 0.407. The predicted octanol–water partition coefficient (Wildman–Crippen LogP) is 1.28. The summed E-state index contributed by atoms with van der Waals surface area (Å²) < 4.78 is 3.95. The van der Waals surface area contributed by atoms with Gasteiger partial charge in [0.05, 0.1) is 12.2 Å². The number of nitrogens with zero attached hydrogens (tertiary/aromatic N) is 5. The molecule has 2 N–H and O–H groups in total. The zero-order valence-corrected chi connectivity index (χ0v) is 11.4. The van der Waals surface area contributed by atoms with Crippen LogP contribution in [-0.4, -0.2) is 24.1 Å². The van der Waals surface area contributed by atoms with Gasteiger partial charge in [0.1, 0.15) is 5.82 Å². The third kappa shape index (κ3) is 2.02. The second-order valence-electron chi connectivity index (χ2n) is 3.78. The average molecular weight is 280 g/mol. The van der Waals surface area contributed by atoms with Crippen molar-refractivity contribution in [2.75, 3.05) is 0 Å².